The Labute approximate surface area is 261 Å². The Hall–Kier alpha value is -5.88. The molecule has 0 saturated carbocycles. The molecule has 0 aliphatic heterocycles. The summed E-state index contributed by atoms with van der Waals surface area (Å²) in [6.45, 7) is -0.845. The highest BCUT2D eigenvalue weighted by molar-refractivity contribution is 7.14. The van der Waals surface area contributed by atoms with Crippen LogP contribution >= 0.6 is 11.3 Å². The first-order valence-corrected chi connectivity index (χ1v) is 14.5. The van der Waals surface area contributed by atoms with Crippen molar-refractivity contribution in [3.8, 4) is 0 Å². The number of ether oxygens (including phenoxy) is 1. The van der Waals surface area contributed by atoms with Gasteiger partial charge in [-0.3, -0.25) is 10.1 Å². The number of nitrogens with zero attached hydrogens (tertiary/aromatic N) is 3. The van der Waals surface area contributed by atoms with Crippen molar-refractivity contribution in [1.29, 1.82) is 0 Å². The van der Waals surface area contributed by atoms with Crippen LogP contribution in [0.3, 0.4) is 0 Å². The number of carboxylic acid groups (broad SMARTS) is 1. The Morgan fingerprint density at radius 2 is 1.38 bits per heavy atom. The molecule has 1 aromatic heterocycles. The number of carbonyl (C=O) groups excluding carboxylic acids is 2. The second-order valence-electron chi connectivity index (χ2n) is 9.60. The van der Waals surface area contributed by atoms with Crippen LogP contribution in [0.2, 0.25) is 0 Å². The second kappa shape index (κ2) is 14.1. The van der Waals surface area contributed by atoms with Gasteiger partial charge in [0.2, 0.25) is 6.61 Å². The van der Waals surface area contributed by atoms with Crippen LogP contribution in [0, 0.1) is 10.1 Å². The maximum Gasteiger partial charge on any atom is 0.347 e. The number of esters is 1. The molecule has 5 rings (SSSR count). The van der Waals surface area contributed by atoms with E-state index in [-0.39, 0.29) is 18.0 Å². The number of nitro benzene ring substituents is 1. The molecule has 0 atom stereocenters. The standard InChI is InChI=1S/C33H26N4O7S/c38-29(43-20-23-16-18-27(19-17-23)37(41)42)21-44-36-30(31(39)40)28-22-45-32(34-28)35-33(24-10-4-1-5-11-24,25-12-6-2-7-13-25)26-14-8-3-9-15-26/h1-19,22H,20-21H2,(H,34,35)(H,39,40)/p-1/b36-30-. The van der Waals surface area contributed by atoms with E-state index in [1.165, 1.54) is 41.0 Å². The van der Waals surface area contributed by atoms with E-state index < -0.39 is 34.7 Å². The third kappa shape index (κ3) is 7.20. The lowest BCUT2D eigenvalue weighted by atomic mass is 9.77. The number of rotatable bonds is 13. The molecule has 11 nitrogen and oxygen atoms in total. The Kier molecular flexibility index (Phi) is 9.55. The summed E-state index contributed by atoms with van der Waals surface area (Å²) in [7, 11) is 0. The highest BCUT2D eigenvalue weighted by Gasteiger charge is 2.37. The Bertz CT molecular complexity index is 1700. The second-order valence-corrected chi connectivity index (χ2v) is 10.5. The lowest BCUT2D eigenvalue weighted by Gasteiger charge is -2.36. The number of anilines is 1. The first-order chi connectivity index (χ1) is 21.9. The highest BCUT2D eigenvalue weighted by atomic mass is 32.1. The van der Waals surface area contributed by atoms with Crippen molar-refractivity contribution >= 4 is 39.8 Å². The zero-order chi connectivity index (χ0) is 31.6. The van der Waals surface area contributed by atoms with Crippen LogP contribution in [0.15, 0.2) is 126 Å². The summed E-state index contributed by atoms with van der Waals surface area (Å²) in [4.78, 5) is 43.8. The predicted molar refractivity (Wildman–Crippen MR) is 165 cm³/mol. The van der Waals surface area contributed by atoms with Crippen molar-refractivity contribution in [2.45, 2.75) is 12.1 Å². The number of hydrogen-bond donors (Lipinski definition) is 1. The lowest BCUT2D eigenvalue weighted by molar-refractivity contribution is -0.384. The number of carboxylic acids is 1. The molecule has 226 valence electrons. The van der Waals surface area contributed by atoms with E-state index in [1.807, 2.05) is 91.0 Å². The fourth-order valence-corrected chi connectivity index (χ4v) is 5.39. The minimum atomic E-state index is -1.65. The number of aliphatic carboxylic acids is 1. The van der Waals surface area contributed by atoms with Crippen LogP contribution in [0.1, 0.15) is 27.9 Å². The molecule has 1 heterocycles. The third-order valence-corrected chi connectivity index (χ3v) is 7.50. The monoisotopic (exact) mass is 621 g/mol. The first kappa shape index (κ1) is 30.6. The van der Waals surface area contributed by atoms with Crippen molar-refractivity contribution in [3.05, 3.63) is 159 Å². The topological polar surface area (TPSA) is 156 Å². The molecular formula is C33H25N4O7S-. The van der Waals surface area contributed by atoms with Gasteiger partial charge >= 0.3 is 5.97 Å². The molecule has 0 aliphatic rings. The van der Waals surface area contributed by atoms with Crippen molar-refractivity contribution < 1.29 is 29.2 Å². The molecule has 0 spiro atoms. The number of nitrogens with one attached hydrogen (secondary N) is 1. The number of non-ortho nitro benzene ring substituents is 1. The van der Waals surface area contributed by atoms with E-state index in [9.17, 15) is 24.8 Å². The van der Waals surface area contributed by atoms with E-state index >= 15 is 0 Å². The normalized spacial score (nSPS) is 11.4. The van der Waals surface area contributed by atoms with Gasteiger partial charge in [-0.15, -0.1) is 11.3 Å². The maximum absolute atomic E-state index is 12.1. The van der Waals surface area contributed by atoms with Gasteiger partial charge in [0.25, 0.3) is 5.69 Å². The average molecular weight is 622 g/mol. The van der Waals surface area contributed by atoms with Gasteiger partial charge in [0.15, 0.2) is 10.8 Å². The van der Waals surface area contributed by atoms with E-state index in [2.05, 4.69) is 15.5 Å². The molecule has 0 bridgehead atoms. The number of carbonyl (C=O) groups is 2. The van der Waals surface area contributed by atoms with Gasteiger partial charge in [0, 0.05) is 17.5 Å². The number of hydrogen-bond acceptors (Lipinski definition) is 11. The predicted octanol–water partition coefficient (Wildman–Crippen LogP) is 4.67. The fraction of sp³-hybridized carbons (Fsp3) is 0.0909. The van der Waals surface area contributed by atoms with Crippen LogP contribution in [0.5, 0.6) is 0 Å². The van der Waals surface area contributed by atoms with Crippen LogP contribution in [-0.2, 0) is 31.3 Å². The molecule has 0 radical (unpaired) electrons. The van der Waals surface area contributed by atoms with Crippen molar-refractivity contribution in [3.63, 3.8) is 0 Å². The summed E-state index contributed by atoms with van der Waals surface area (Å²) in [6, 6.07) is 35.0. The summed E-state index contributed by atoms with van der Waals surface area (Å²) in [5, 5.41) is 31.8. The van der Waals surface area contributed by atoms with Crippen LogP contribution < -0.4 is 10.4 Å². The molecule has 12 heteroatoms. The summed E-state index contributed by atoms with van der Waals surface area (Å²) in [5.74, 6) is -2.47. The highest BCUT2D eigenvalue weighted by Crippen LogP contribution is 2.40. The Balaban J connectivity index is 1.35. The maximum atomic E-state index is 12.1. The molecule has 0 aliphatic carbocycles. The number of thiazole rings is 1. The number of aromatic nitrogens is 1. The molecule has 0 unspecified atom stereocenters. The van der Waals surface area contributed by atoms with Gasteiger partial charge < -0.3 is 24.8 Å². The molecule has 0 fully saturated rings. The summed E-state index contributed by atoms with van der Waals surface area (Å²) >= 11 is 1.17. The van der Waals surface area contributed by atoms with Gasteiger partial charge in [-0.2, -0.15) is 0 Å². The van der Waals surface area contributed by atoms with E-state index in [0.29, 0.717) is 10.7 Å². The van der Waals surface area contributed by atoms with Crippen molar-refractivity contribution in [2.75, 3.05) is 11.9 Å². The molecule has 0 amide bonds. The SMILES string of the molecule is O=C(CO/N=C(\C(=O)[O-])c1csc(NC(c2ccccc2)(c2ccccc2)c2ccccc2)n1)OCc1ccc([N+](=O)[O-])cc1. The number of oxime groups is 1. The Morgan fingerprint density at radius 1 is 0.844 bits per heavy atom. The van der Waals surface area contributed by atoms with Gasteiger partial charge in [0.1, 0.15) is 17.8 Å². The summed E-state index contributed by atoms with van der Waals surface area (Å²) in [5.41, 5.74) is 1.71. The fourth-order valence-electron chi connectivity index (χ4n) is 4.64. The van der Waals surface area contributed by atoms with Gasteiger partial charge in [-0.25, -0.2) is 9.78 Å². The minimum absolute atomic E-state index is 0.0233. The first-order valence-electron chi connectivity index (χ1n) is 13.6. The van der Waals surface area contributed by atoms with Gasteiger partial charge in [0.05, 0.1) is 10.9 Å². The molecule has 45 heavy (non-hydrogen) atoms. The zero-order valence-corrected chi connectivity index (χ0v) is 24.4. The molecule has 5 aromatic rings. The molecule has 1 N–H and O–H groups in total. The minimum Gasteiger partial charge on any atom is -0.543 e. The number of nitro groups is 1. The third-order valence-electron chi connectivity index (χ3n) is 6.74. The lowest BCUT2D eigenvalue weighted by Crippen LogP contribution is -2.38. The van der Waals surface area contributed by atoms with Gasteiger partial charge in [-0.1, -0.05) is 96.2 Å². The smallest absolute Gasteiger partial charge is 0.347 e. The van der Waals surface area contributed by atoms with E-state index in [4.69, 9.17) is 9.57 Å². The van der Waals surface area contributed by atoms with E-state index in [1.54, 1.807) is 0 Å². The summed E-state index contributed by atoms with van der Waals surface area (Å²) < 4.78 is 5.07. The van der Waals surface area contributed by atoms with Crippen LogP contribution in [0.4, 0.5) is 10.8 Å². The van der Waals surface area contributed by atoms with E-state index in [0.717, 1.165) is 16.7 Å². The largest absolute Gasteiger partial charge is 0.543 e. The molecule has 4 aromatic carbocycles. The average Bonchev–Trinajstić information content (AvgIpc) is 3.53. The van der Waals surface area contributed by atoms with Crippen molar-refractivity contribution in [2.24, 2.45) is 5.16 Å². The number of benzene rings is 4. The van der Waals surface area contributed by atoms with Crippen LogP contribution in [0.25, 0.3) is 0 Å². The molecular weight excluding hydrogens is 596 g/mol. The van der Waals surface area contributed by atoms with Crippen LogP contribution in [-0.4, -0.2) is 34.2 Å². The summed E-state index contributed by atoms with van der Waals surface area (Å²) in [6.07, 6.45) is 0. The molecule has 0 saturated heterocycles. The Morgan fingerprint density at radius 3 is 1.87 bits per heavy atom. The van der Waals surface area contributed by atoms with Crippen molar-refractivity contribution in [1.82, 2.24) is 4.98 Å². The van der Waals surface area contributed by atoms with Gasteiger partial charge in [-0.05, 0) is 34.4 Å². The zero-order valence-electron chi connectivity index (χ0n) is 23.6. The quantitative estimate of drug-likeness (QED) is 0.0649.